The van der Waals surface area contributed by atoms with Crippen molar-refractivity contribution in [2.24, 2.45) is 0 Å². The zero-order chi connectivity index (χ0) is 14.0. The SMILES string of the molecule is CC(NC(=O)c1ccc(F)cc1F)c1ccc(Cl)s1. The smallest absolute Gasteiger partial charge is 0.254 e. The average molecular weight is 302 g/mol. The molecule has 0 saturated carbocycles. The van der Waals surface area contributed by atoms with Crippen molar-refractivity contribution in [3.05, 3.63) is 56.7 Å². The van der Waals surface area contributed by atoms with E-state index < -0.39 is 17.5 Å². The fraction of sp³-hybridized carbons (Fsp3) is 0.154. The van der Waals surface area contributed by atoms with E-state index in [9.17, 15) is 13.6 Å². The van der Waals surface area contributed by atoms with Gasteiger partial charge >= 0.3 is 0 Å². The molecule has 0 bridgehead atoms. The standard InChI is InChI=1S/C13H10ClF2NOS/c1-7(11-4-5-12(14)19-11)17-13(18)9-3-2-8(15)6-10(9)16/h2-7H,1H3,(H,17,18). The van der Waals surface area contributed by atoms with Crippen molar-refractivity contribution in [1.82, 2.24) is 5.32 Å². The molecule has 6 heteroatoms. The average Bonchev–Trinajstić information content (AvgIpc) is 2.75. The third-order valence-electron chi connectivity index (χ3n) is 2.54. The number of nitrogens with one attached hydrogen (secondary N) is 1. The number of hydrogen-bond acceptors (Lipinski definition) is 2. The van der Waals surface area contributed by atoms with Crippen molar-refractivity contribution >= 4 is 28.8 Å². The number of benzene rings is 1. The molecule has 1 amide bonds. The van der Waals surface area contributed by atoms with Gasteiger partial charge in [-0.3, -0.25) is 4.79 Å². The number of amides is 1. The molecule has 1 N–H and O–H groups in total. The number of rotatable bonds is 3. The van der Waals surface area contributed by atoms with Gasteiger partial charge in [-0.25, -0.2) is 8.78 Å². The highest BCUT2D eigenvalue weighted by Crippen LogP contribution is 2.26. The summed E-state index contributed by atoms with van der Waals surface area (Å²) in [5.74, 6) is -2.18. The molecule has 1 aromatic heterocycles. The molecule has 0 aliphatic rings. The predicted molar refractivity (Wildman–Crippen MR) is 71.6 cm³/mol. The Hall–Kier alpha value is -1.46. The lowest BCUT2D eigenvalue weighted by Crippen LogP contribution is -2.27. The number of hydrogen-bond donors (Lipinski definition) is 1. The molecule has 1 aromatic carbocycles. The summed E-state index contributed by atoms with van der Waals surface area (Å²) in [7, 11) is 0. The third-order valence-corrected chi connectivity index (χ3v) is 3.96. The molecule has 19 heavy (non-hydrogen) atoms. The largest absolute Gasteiger partial charge is 0.345 e. The lowest BCUT2D eigenvalue weighted by Gasteiger charge is -2.12. The predicted octanol–water partition coefficient (Wildman–Crippen LogP) is 4.17. The molecule has 2 nitrogen and oxygen atoms in total. The van der Waals surface area contributed by atoms with Crippen LogP contribution in [0.1, 0.15) is 28.2 Å². The molecule has 0 spiro atoms. The molecule has 0 saturated heterocycles. The van der Waals surface area contributed by atoms with Crippen molar-refractivity contribution in [2.45, 2.75) is 13.0 Å². The second-order valence-electron chi connectivity index (χ2n) is 3.96. The molecular formula is C13H10ClF2NOS. The van der Waals surface area contributed by atoms with Crippen LogP contribution in [0.15, 0.2) is 30.3 Å². The number of halogens is 3. The fourth-order valence-corrected chi connectivity index (χ4v) is 2.64. The Labute approximate surface area is 118 Å². The summed E-state index contributed by atoms with van der Waals surface area (Å²) in [6, 6.07) is 6.07. The van der Waals surface area contributed by atoms with Crippen molar-refractivity contribution in [3.63, 3.8) is 0 Å². The van der Waals surface area contributed by atoms with Gasteiger partial charge in [-0.15, -0.1) is 11.3 Å². The van der Waals surface area contributed by atoms with Crippen LogP contribution in [0.25, 0.3) is 0 Å². The fourth-order valence-electron chi connectivity index (χ4n) is 1.58. The van der Waals surface area contributed by atoms with E-state index in [2.05, 4.69) is 5.32 Å². The third kappa shape index (κ3) is 3.30. The van der Waals surface area contributed by atoms with Gasteiger partial charge in [0, 0.05) is 10.9 Å². The van der Waals surface area contributed by atoms with Gasteiger partial charge in [0.1, 0.15) is 11.6 Å². The number of carbonyl (C=O) groups excluding carboxylic acids is 1. The molecule has 1 heterocycles. The molecule has 100 valence electrons. The van der Waals surface area contributed by atoms with Gasteiger partial charge in [-0.2, -0.15) is 0 Å². The van der Waals surface area contributed by atoms with Gasteiger partial charge < -0.3 is 5.32 Å². The summed E-state index contributed by atoms with van der Waals surface area (Å²) in [6.45, 7) is 1.77. The molecule has 2 rings (SSSR count). The van der Waals surface area contributed by atoms with Crippen LogP contribution in [0.2, 0.25) is 4.34 Å². The minimum Gasteiger partial charge on any atom is -0.345 e. The van der Waals surface area contributed by atoms with Crippen LogP contribution in [0, 0.1) is 11.6 Å². The second-order valence-corrected chi connectivity index (χ2v) is 5.71. The Bertz CT molecular complexity index is 614. The summed E-state index contributed by atoms with van der Waals surface area (Å²) >= 11 is 7.14. The first-order valence-electron chi connectivity index (χ1n) is 5.48. The maximum atomic E-state index is 13.4. The molecule has 0 aliphatic heterocycles. The quantitative estimate of drug-likeness (QED) is 0.905. The molecule has 1 unspecified atom stereocenters. The van der Waals surface area contributed by atoms with E-state index in [1.807, 2.05) is 0 Å². The highest BCUT2D eigenvalue weighted by Gasteiger charge is 2.16. The highest BCUT2D eigenvalue weighted by atomic mass is 35.5. The first-order valence-corrected chi connectivity index (χ1v) is 6.68. The van der Waals surface area contributed by atoms with E-state index in [4.69, 9.17) is 11.6 Å². The molecule has 2 aromatic rings. The Balaban J connectivity index is 2.12. The van der Waals surface area contributed by atoms with Crippen molar-refractivity contribution in [2.75, 3.05) is 0 Å². The van der Waals surface area contributed by atoms with Crippen LogP contribution < -0.4 is 5.32 Å². The zero-order valence-corrected chi connectivity index (χ0v) is 11.5. The van der Waals surface area contributed by atoms with Gasteiger partial charge in [0.2, 0.25) is 0 Å². The van der Waals surface area contributed by atoms with Gasteiger partial charge in [-0.1, -0.05) is 11.6 Å². The lowest BCUT2D eigenvalue weighted by atomic mass is 10.1. The summed E-state index contributed by atoms with van der Waals surface area (Å²) in [5.41, 5.74) is -0.184. The monoisotopic (exact) mass is 301 g/mol. The number of thiophene rings is 1. The van der Waals surface area contributed by atoms with Crippen LogP contribution >= 0.6 is 22.9 Å². The lowest BCUT2D eigenvalue weighted by molar-refractivity contribution is 0.0936. The maximum absolute atomic E-state index is 13.4. The van der Waals surface area contributed by atoms with Crippen LogP contribution in [-0.4, -0.2) is 5.91 Å². The zero-order valence-electron chi connectivity index (χ0n) is 9.91. The summed E-state index contributed by atoms with van der Waals surface area (Å²) < 4.78 is 26.8. The first kappa shape index (κ1) is 14.0. The van der Waals surface area contributed by atoms with Gasteiger partial charge in [0.25, 0.3) is 5.91 Å². The molecule has 0 fully saturated rings. The Morgan fingerprint density at radius 3 is 2.63 bits per heavy atom. The van der Waals surface area contributed by atoms with Crippen LogP contribution in [0.5, 0.6) is 0 Å². The molecule has 0 aliphatic carbocycles. The Kier molecular flexibility index (Phi) is 4.17. The van der Waals surface area contributed by atoms with E-state index in [0.717, 1.165) is 17.0 Å². The van der Waals surface area contributed by atoms with E-state index >= 15 is 0 Å². The minimum absolute atomic E-state index is 0.184. The molecule has 0 radical (unpaired) electrons. The van der Waals surface area contributed by atoms with E-state index in [-0.39, 0.29) is 11.6 Å². The van der Waals surface area contributed by atoms with Crippen LogP contribution in [-0.2, 0) is 0 Å². The van der Waals surface area contributed by atoms with Gasteiger partial charge in [-0.05, 0) is 31.2 Å². The number of carbonyl (C=O) groups is 1. The Morgan fingerprint density at radius 1 is 1.32 bits per heavy atom. The topological polar surface area (TPSA) is 29.1 Å². The normalized spacial score (nSPS) is 12.2. The van der Waals surface area contributed by atoms with Gasteiger partial charge in [0.05, 0.1) is 15.9 Å². The van der Waals surface area contributed by atoms with E-state index in [1.54, 1.807) is 19.1 Å². The Morgan fingerprint density at radius 2 is 2.05 bits per heavy atom. The van der Waals surface area contributed by atoms with E-state index in [1.165, 1.54) is 11.3 Å². The minimum atomic E-state index is -0.881. The maximum Gasteiger partial charge on any atom is 0.254 e. The summed E-state index contributed by atoms with van der Waals surface area (Å²) in [4.78, 5) is 12.7. The van der Waals surface area contributed by atoms with Crippen molar-refractivity contribution < 1.29 is 13.6 Å². The van der Waals surface area contributed by atoms with Gasteiger partial charge in [0.15, 0.2) is 0 Å². The summed E-state index contributed by atoms with van der Waals surface area (Å²) in [5, 5.41) is 2.64. The first-order chi connectivity index (χ1) is 8.97. The van der Waals surface area contributed by atoms with Crippen LogP contribution in [0.3, 0.4) is 0 Å². The van der Waals surface area contributed by atoms with E-state index in [0.29, 0.717) is 10.4 Å². The molecule has 1 atom stereocenters. The second kappa shape index (κ2) is 5.67. The summed E-state index contributed by atoms with van der Waals surface area (Å²) in [6.07, 6.45) is 0. The van der Waals surface area contributed by atoms with Crippen molar-refractivity contribution in [3.8, 4) is 0 Å². The van der Waals surface area contributed by atoms with Crippen LogP contribution in [0.4, 0.5) is 8.78 Å². The molecular weight excluding hydrogens is 292 g/mol. The highest BCUT2D eigenvalue weighted by molar-refractivity contribution is 7.16. The van der Waals surface area contributed by atoms with Crippen molar-refractivity contribution in [1.29, 1.82) is 0 Å².